The summed E-state index contributed by atoms with van der Waals surface area (Å²) in [5.74, 6) is 2.08. The molecule has 1 heterocycles. The number of methoxy groups -OCH3 is 1. The van der Waals surface area contributed by atoms with Gasteiger partial charge in [-0.2, -0.15) is 4.98 Å². The fourth-order valence-electron chi connectivity index (χ4n) is 1.26. The van der Waals surface area contributed by atoms with Crippen LogP contribution in [0.15, 0.2) is 6.20 Å². The van der Waals surface area contributed by atoms with Crippen molar-refractivity contribution in [2.24, 2.45) is 5.73 Å². The van der Waals surface area contributed by atoms with E-state index in [1.165, 1.54) is 12.8 Å². The highest BCUT2D eigenvalue weighted by Crippen LogP contribution is 2.38. The van der Waals surface area contributed by atoms with Crippen LogP contribution in [0.5, 0.6) is 5.88 Å². The minimum absolute atomic E-state index is 0.425. The Bertz CT molecular complexity index is 310. The summed E-state index contributed by atoms with van der Waals surface area (Å²) in [5.41, 5.74) is 6.38. The normalized spacial score (nSPS) is 15.8. The van der Waals surface area contributed by atoms with Crippen molar-refractivity contribution >= 4 is 0 Å². The molecule has 1 aliphatic rings. The molecule has 0 atom stereocenters. The van der Waals surface area contributed by atoms with E-state index in [0.717, 1.165) is 11.4 Å². The zero-order chi connectivity index (χ0) is 9.26. The number of aromatic nitrogens is 2. The van der Waals surface area contributed by atoms with Crippen LogP contribution in [0.4, 0.5) is 0 Å². The number of hydrogen-bond donors (Lipinski definition) is 1. The van der Waals surface area contributed by atoms with E-state index >= 15 is 0 Å². The first-order valence-electron chi connectivity index (χ1n) is 4.45. The summed E-state index contributed by atoms with van der Waals surface area (Å²) < 4.78 is 5.12. The van der Waals surface area contributed by atoms with Crippen LogP contribution in [0.1, 0.15) is 30.1 Å². The third-order valence-corrected chi connectivity index (χ3v) is 2.20. The number of hydrogen-bond acceptors (Lipinski definition) is 4. The van der Waals surface area contributed by atoms with Gasteiger partial charge < -0.3 is 10.5 Å². The molecule has 0 amide bonds. The molecule has 1 aliphatic carbocycles. The molecule has 1 fully saturated rings. The standard InChI is InChI=1S/C9H13N3O/c1-13-9-7(4-10)5-11-8(12-9)6-2-3-6/h5-6H,2-4,10H2,1H3. The van der Waals surface area contributed by atoms with Crippen LogP contribution in [-0.4, -0.2) is 17.1 Å². The Balaban J connectivity index is 2.31. The number of ether oxygens (including phenoxy) is 1. The molecular weight excluding hydrogens is 166 g/mol. The zero-order valence-corrected chi connectivity index (χ0v) is 7.66. The Morgan fingerprint density at radius 2 is 2.38 bits per heavy atom. The first kappa shape index (κ1) is 8.44. The Morgan fingerprint density at radius 3 is 2.92 bits per heavy atom. The molecule has 2 N–H and O–H groups in total. The Morgan fingerprint density at radius 1 is 1.62 bits per heavy atom. The largest absolute Gasteiger partial charge is 0.481 e. The summed E-state index contributed by atoms with van der Waals surface area (Å²) in [5, 5.41) is 0. The maximum absolute atomic E-state index is 5.51. The van der Waals surface area contributed by atoms with E-state index in [1.54, 1.807) is 13.3 Å². The van der Waals surface area contributed by atoms with E-state index in [2.05, 4.69) is 9.97 Å². The quantitative estimate of drug-likeness (QED) is 0.746. The van der Waals surface area contributed by atoms with Gasteiger partial charge in [0, 0.05) is 24.2 Å². The molecular formula is C9H13N3O. The van der Waals surface area contributed by atoms with Gasteiger partial charge in [-0.15, -0.1) is 0 Å². The van der Waals surface area contributed by atoms with Crippen molar-refractivity contribution in [1.82, 2.24) is 9.97 Å². The summed E-state index contributed by atoms with van der Waals surface area (Å²) >= 11 is 0. The Kier molecular flexibility index (Phi) is 2.14. The van der Waals surface area contributed by atoms with Crippen molar-refractivity contribution in [3.63, 3.8) is 0 Å². The van der Waals surface area contributed by atoms with Crippen LogP contribution in [0, 0.1) is 0 Å². The predicted molar refractivity (Wildman–Crippen MR) is 48.5 cm³/mol. The van der Waals surface area contributed by atoms with Gasteiger partial charge in [0.25, 0.3) is 0 Å². The van der Waals surface area contributed by atoms with Crippen LogP contribution in [0.2, 0.25) is 0 Å². The van der Waals surface area contributed by atoms with Crippen molar-refractivity contribution < 1.29 is 4.74 Å². The minimum atomic E-state index is 0.425. The van der Waals surface area contributed by atoms with Crippen LogP contribution < -0.4 is 10.5 Å². The number of rotatable bonds is 3. The molecule has 0 unspecified atom stereocenters. The Labute approximate surface area is 77.1 Å². The second-order valence-corrected chi connectivity index (χ2v) is 3.24. The fraction of sp³-hybridized carbons (Fsp3) is 0.556. The second kappa shape index (κ2) is 3.30. The van der Waals surface area contributed by atoms with Crippen LogP contribution in [0.3, 0.4) is 0 Å². The molecule has 0 radical (unpaired) electrons. The smallest absolute Gasteiger partial charge is 0.220 e. The summed E-state index contributed by atoms with van der Waals surface area (Å²) in [6, 6.07) is 0. The maximum Gasteiger partial charge on any atom is 0.220 e. The van der Waals surface area contributed by atoms with E-state index < -0.39 is 0 Å². The van der Waals surface area contributed by atoms with Crippen molar-refractivity contribution in [1.29, 1.82) is 0 Å². The molecule has 70 valence electrons. The molecule has 1 saturated carbocycles. The van der Waals surface area contributed by atoms with E-state index in [0.29, 0.717) is 18.3 Å². The van der Waals surface area contributed by atoms with Crippen LogP contribution in [0.25, 0.3) is 0 Å². The summed E-state index contributed by atoms with van der Waals surface area (Å²) in [6.45, 7) is 0.425. The monoisotopic (exact) mass is 179 g/mol. The van der Waals surface area contributed by atoms with Crippen molar-refractivity contribution in [2.45, 2.75) is 25.3 Å². The molecule has 0 aromatic carbocycles. The van der Waals surface area contributed by atoms with Crippen LogP contribution in [-0.2, 0) is 6.54 Å². The molecule has 4 heteroatoms. The fourth-order valence-corrected chi connectivity index (χ4v) is 1.26. The third kappa shape index (κ3) is 1.62. The molecule has 2 rings (SSSR count). The molecule has 13 heavy (non-hydrogen) atoms. The van der Waals surface area contributed by atoms with E-state index in [1.807, 2.05) is 0 Å². The summed E-state index contributed by atoms with van der Waals surface area (Å²) in [4.78, 5) is 8.56. The average Bonchev–Trinajstić information content (AvgIpc) is 3.00. The maximum atomic E-state index is 5.51. The number of nitrogens with two attached hydrogens (primary N) is 1. The molecule has 0 bridgehead atoms. The highest BCUT2D eigenvalue weighted by atomic mass is 16.5. The molecule has 4 nitrogen and oxygen atoms in total. The van der Waals surface area contributed by atoms with Gasteiger partial charge in [0.2, 0.25) is 5.88 Å². The van der Waals surface area contributed by atoms with Crippen molar-refractivity contribution in [3.05, 3.63) is 17.6 Å². The highest BCUT2D eigenvalue weighted by Gasteiger charge is 2.27. The van der Waals surface area contributed by atoms with E-state index in [4.69, 9.17) is 10.5 Å². The Hall–Kier alpha value is -1.16. The van der Waals surface area contributed by atoms with Crippen molar-refractivity contribution in [3.8, 4) is 5.88 Å². The van der Waals surface area contributed by atoms with Gasteiger partial charge in [0.15, 0.2) is 0 Å². The first-order valence-corrected chi connectivity index (χ1v) is 4.45. The molecule has 1 aromatic heterocycles. The van der Waals surface area contributed by atoms with Gasteiger partial charge in [-0.1, -0.05) is 0 Å². The topological polar surface area (TPSA) is 61.0 Å². The van der Waals surface area contributed by atoms with Crippen molar-refractivity contribution in [2.75, 3.05) is 7.11 Å². The lowest BCUT2D eigenvalue weighted by atomic mass is 10.3. The average molecular weight is 179 g/mol. The van der Waals surface area contributed by atoms with E-state index in [-0.39, 0.29) is 0 Å². The lowest BCUT2D eigenvalue weighted by Crippen LogP contribution is -2.05. The lowest BCUT2D eigenvalue weighted by Gasteiger charge is -2.05. The highest BCUT2D eigenvalue weighted by molar-refractivity contribution is 5.25. The lowest BCUT2D eigenvalue weighted by molar-refractivity contribution is 0.389. The van der Waals surface area contributed by atoms with Gasteiger partial charge in [0.1, 0.15) is 5.82 Å². The second-order valence-electron chi connectivity index (χ2n) is 3.24. The molecule has 0 saturated heterocycles. The minimum Gasteiger partial charge on any atom is -0.481 e. The number of nitrogens with zero attached hydrogens (tertiary/aromatic N) is 2. The van der Waals surface area contributed by atoms with Crippen LogP contribution >= 0.6 is 0 Å². The zero-order valence-electron chi connectivity index (χ0n) is 7.66. The first-order chi connectivity index (χ1) is 6.35. The summed E-state index contributed by atoms with van der Waals surface area (Å²) in [7, 11) is 1.61. The van der Waals surface area contributed by atoms with Gasteiger partial charge >= 0.3 is 0 Å². The molecule has 1 aromatic rings. The SMILES string of the molecule is COc1nc(C2CC2)ncc1CN. The van der Waals surface area contributed by atoms with E-state index in [9.17, 15) is 0 Å². The van der Waals surface area contributed by atoms with Gasteiger partial charge in [-0.25, -0.2) is 4.98 Å². The predicted octanol–water partition coefficient (Wildman–Crippen LogP) is 0.821. The third-order valence-electron chi connectivity index (χ3n) is 2.20. The van der Waals surface area contributed by atoms with Gasteiger partial charge in [-0.05, 0) is 12.8 Å². The summed E-state index contributed by atoms with van der Waals surface area (Å²) in [6.07, 6.45) is 4.16. The van der Waals surface area contributed by atoms with Gasteiger partial charge in [0.05, 0.1) is 7.11 Å². The van der Waals surface area contributed by atoms with Gasteiger partial charge in [-0.3, -0.25) is 0 Å². The molecule has 0 spiro atoms. The molecule has 0 aliphatic heterocycles.